The van der Waals surface area contributed by atoms with Crippen molar-refractivity contribution in [2.24, 2.45) is 0 Å². The lowest BCUT2D eigenvalue weighted by Crippen LogP contribution is -2.45. The van der Waals surface area contributed by atoms with E-state index in [4.69, 9.17) is 9.47 Å². The number of likely N-dealkylation sites (tertiary alicyclic amines) is 1. The summed E-state index contributed by atoms with van der Waals surface area (Å²) < 4.78 is 11.4. The van der Waals surface area contributed by atoms with Gasteiger partial charge in [-0.1, -0.05) is 0 Å². The lowest BCUT2D eigenvalue weighted by Gasteiger charge is -2.35. The zero-order valence-electron chi connectivity index (χ0n) is 12.3. The van der Waals surface area contributed by atoms with Crippen LogP contribution in [0.5, 0.6) is 11.5 Å². The number of hydrogen-bond acceptors (Lipinski definition) is 4. The summed E-state index contributed by atoms with van der Waals surface area (Å²) >= 11 is 0. The highest BCUT2D eigenvalue weighted by Gasteiger charge is 2.46. The van der Waals surface area contributed by atoms with Crippen molar-refractivity contribution in [1.82, 2.24) is 4.90 Å². The van der Waals surface area contributed by atoms with E-state index in [1.165, 1.54) is 0 Å². The van der Waals surface area contributed by atoms with Crippen molar-refractivity contribution in [3.63, 3.8) is 0 Å². The van der Waals surface area contributed by atoms with Crippen molar-refractivity contribution in [2.45, 2.75) is 38.3 Å². The van der Waals surface area contributed by atoms with Crippen LogP contribution in [0, 0.1) is 0 Å². The first kappa shape index (κ1) is 13.4. The standard InChI is InChI=1S/C16H21NO3/c1-11(2)17-7-6-16(10-17)9-14(18)13-8-12(19-3)4-5-15(13)20-16/h4-5,8,11H,6-7,9-10H2,1-3H3. The number of methoxy groups -OCH3 is 1. The molecular formula is C16H21NO3. The Hall–Kier alpha value is -1.55. The zero-order chi connectivity index (χ0) is 14.3. The minimum Gasteiger partial charge on any atom is -0.497 e. The second kappa shape index (κ2) is 4.77. The second-order valence-corrected chi connectivity index (χ2v) is 6.06. The molecule has 1 aromatic carbocycles. The number of ketones is 1. The van der Waals surface area contributed by atoms with Crippen LogP contribution >= 0.6 is 0 Å². The molecule has 0 bridgehead atoms. The number of carbonyl (C=O) groups excluding carboxylic acids is 1. The van der Waals surface area contributed by atoms with Gasteiger partial charge in [0.1, 0.15) is 17.1 Å². The molecule has 0 radical (unpaired) electrons. The van der Waals surface area contributed by atoms with Crippen molar-refractivity contribution in [1.29, 1.82) is 0 Å². The molecule has 20 heavy (non-hydrogen) atoms. The number of Topliss-reactive ketones (excluding diaryl/α,β-unsaturated/α-hetero) is 1. The molecule has 2 aliphatic heterocycles. The van der Waals surface area contributed by atoms with E-state index in [0.29, 0.717) is 29.5 Å². The number of hydrogen-bond donors (Lipinski definition) is 0. The second-order valence-electron chi connectivity index (χ2n) is 6.06. The minimum atomic E-state index is -0.330. The highest BCUT2D eigenvalue weighted by Crippen LogP contribution is 2.40. The van der Waals surface area contributed by atoms with Gasteiger partial charge in [0.15, 0.2) is 5.78 Å². The van der Waals surface area contributed by atoms with Gasteiger partial charge in [-0.25, -0.2) is 0 Å². The third kappa shape index (κ3) is 2.18. The van der Waals surface area contributed by atoms with Gasteiger partial charge >= 0.3 is 0 Å². The fraction of sp³-hybridized carbons (Fsp3) is 0.562. The topological polar surface area (TPSA) is 38.8 Å². The summed E-state index contributed by atoms with van der Waals surface area (Å²) in [5.74, 6) is 1.57. The molecule has 2 heterocycles. The minimum absolute atomic E-state index is 0.163. The summed E-state index contributed by atoms with van der Waals surface area (Å²) in [5, 5.41) is 0. The molecule has 4 heteroatoms. The Morgan fingerprint density at radius 3 is 2.85 bits per heavy atom. The predicted octanol–water partition coefficient (Wildman–Crippen LogP) is 2.51. The maximum atomic E-state index is 12.4. The van der Waals surface area contributed by atoms with Gasteiger partial charge in [0.05, 0.1) is 19.1 Å². The molecule has 1 fully saturated rings. The molecule has 1 spiro atoms. The average Bonchev–Trinajstić information content (AvgIpc) is 2.82. The lowest BCUT2D eigenvalue weighted by molar-refractivity contribution is 0.0437. The predicted molar refractivity (Wildman–Crippen MR) is 76.6 cm³/mol. The van der Waals surface area contributed by atoms with Crippen LogP contribution in [0.15, 0.2) is 18.2 Å². The highest BCUT2D eigenvalue weighted by atomic mass is 16.5. The smallest absolute Gasteiger partial charge is 0.170 e. The van der Waals surface area contributed by atoms with Gasteiger partial charge in [-0.3, -0.25) is 9.69 Å². The number of fused-ring (bicyclic) bond motifs is 1. The molecule has 1 atom stereocenters. The molecule has 0 saturated carbocycles. The van der Waals surface area contributed by atoms with Gasteiger partial charge < -0.3 is 9.47 Å². The first-order valence-electron chi connectivity index (χ1n) is 7.17. The molecule has 108 valence electrons. The molecule has 1 unspecified atom stereocenters. The van der Waals surface area contributed by atoms with Gasteiger partial charge in [0, 0.05) is 25.6 Å². The summed E-state index contributed by atoms with van der Waals surface area (Å²) in [7, 11) is 1.61. The van der Waals surface area contributed by atoms with Gasteiger partial charge in [-0.05, 0) is 32.0 Å². The van der Waals surface area contributed by atoms with Crippen molar-refractivity contribution < 1.29 is 14.3 Å². The van der Waals surface area contributed by atoms with Crippen LogP contribution in [0.3, 0.4) is 0 Å². The van der Waals surface area contributed by atoms with E-state index in [-0.39, 0.29) is 11.4 Å². The number of benzene rings is 1. The molecule has 0 N–H and O–H groups in total. The van der Waals surface area contributed by atoms with Crippen molar-refractivity contribution in [3.05, 3.63) is 23.8 Å². The molecule has 1 saturated heterocycles. The maximum absolute atomic E-state index is 12.4. The summed E-state index contributed by atoms with van der Waals surface area (Å²) in [6, 6.07) is 5.97. The van der Waals surface area contributed by atoms with E-state index < -0.39 is 0 Å². The fourth-order valence-corrected chi connectivity index (χ4v) is 3.14. The number of carbonyl (C=O) groups is 1. The Balaban J connectivity index is 1.88. The molecule has 0 aliphatic carbocycles. The fourth-order valence-electron chi connectivity index (χ4n) is 3.14. The summed E-state index contributed by atoms with van der Waals surface area (Å²) in [6.07, 6.45) is 1.39. The molecule has 4 nitrogen and oxygen atoms in total. The molecular weight excluding hydrogens is 254 g/mol. The van der Waals surface area contributed by atoms with E-state index in [0.717, 1.165) is 19.5 Å². The van der Waals surface area contributed by atoms with E-state index in [1.54, 1.807) is 13.2 Å². The quantitative estimate of drug-likeness (QED) is 0.831. The van der Waals surface area contributed by atoms with Crippen LogP contribution in [0.4, 0.5) is 0 Å². The van der Waals surface area contributed by atoms with E-state index in [9.17, 15) is 4.79 Å². The van der Waals surface area contributed by atoms with Crippen LogP contribution in [0.1, 0.15) is 37.0 Å². The van der Waals surface area contributed by atoms with Crippen molar-refractivity contribution in [3.8, 4) is 11.5 Å². The third-order valence-corrected chi connectivity index (χ3v) is 4.37. The Bertz CT molecular complexity index is 541. The molecule has 2 aliphatic rings. The van der Waals surface area contributed by atoms with Crippen LogP contribution in [-0.4, -0.2) is 42.5 Å². The summed E-state index contributed by atoms with van der Waals surface area (Å²) in [4.78, 5) is 14.8. The lowest BCUT2D eigenvalue weighted by atomic mass is 9.89. The Kier molecular flexibility index (Phi) is 3.21. The molecule has 3 rings (SSSR count). The zero-order valence-corrected chi connectivity index (χ0v) is 12.3. The van der Waals surface area contributed by atoms with E-state index >= 15 is 0 Å². The molecule has 0 amide bonds. The Morgan fingerprint density at radius 2 is 2.20 bits per heavy atom. The van der Waals surface area contributed by atoms with Crippen molar-refractivity contribution in [2.75, 3.05) is 20.2 Å². The SMILES string of the molecule is COc1ccc2c(c1)C(=O)CC1(CCN(C(C)C)C1)O2. The summed E-state index contributed by atoms with van der Waals surface area (Å²) in [6.45, 7) is 6.20. The maximum Gasteiger partial charge on any atom is 0.170 e. The Labute approximate surface area is 119 Å². The largest absolute Gasteiger partial charge is 0.497 e. The number of rotatable bonds is 2. The van der Waals surface area contributed by atoms with E-state index in [1.807, 2.05) is 12.1 Å². The Morgan fingerprint density at radius 1 is 1.40 bits per heavy atom. The first-order chi connectivity index (χ1) is 9.53. The van der Waals surface area contributed by atoms with Gasteiger partial charge in [-0.15, -0.1) is 0 Å². The number of nitrogens with zero attached hydrogens (tertiary/aromatic N) is 1. The summed E-state index contributed by atoms with van der Waals surface area (Å²) in [5.41, 5.74) is 0.320. The van der Waals surface area contributed by atoms with E-state index in [2.05, 4.69) is 18.7 Å². The molecule has 0 aromatic heterocycles. The molecule has 1 aromatic rings. The van der Waals surface area contributed by atoms with Crippen LogP contribution < -0.4 is 9.47 Å². The van der Waals surface area contributed by atoms with Gasteiger partial charge in [-0.2, -0.15) is 0 Å². The van der Waals surface area contributed by atoms with Gasteiger partial charge in [0.25, 0.3) is 0 Å². The van der Waals surface area contributed by atoms with Crippen LogP contribution in [-0.2, 0) is 0 Å². The normalized spacial score (nSPS) is 25.9. The highest BCUT2D eigenvalue weighted by molar-refractivity contribution is 6.00. The first-order valence-corrected chi connectivity index (χ1v) is 7.17. The van der Waals surface area contributed by atoms with Crippen LogP contribution in [0.25, 0.3) is 0 Å². The monoisotopic (exact) mass is 275 g/mol. The third-order valence-electron chi connectivity index (χ3n) is 4.37. The van der Waals surface area contributed by atoms with Crippen molar-refractivity contribution >= 4 is 5.78 Å². The average molecular weight is 275 g/mol. The number of ether oxygens (including phenoxy) is 2. The van der Waals surface area contributed by atoms with Crippen LogP contribution in [0.2, 0.25) is 0 Å². The van der Waals surface area contributed by atoms with Gasteiger partial charge in [0.2, 0.25) is 0 Å².